The number of aliphatic hydroxyl groups excluding tert-OH is 1. The van der Waals surface area contributed by atoms with Gasteiger partial charge in [-0.15, -0.1) is 40.5 Å². The molecule has 54 heavy (non-hydrogen) atoms. The van der Waals surface area contributed by atoms with Gasteiger partial charge >= 0.3 is 0 Å². The number of pyridine rings is 1. The fraction of sp³-hybridized carbons (Fsp3) is 0.417. The van der Waals surface area contributed by atoms with Crippen LogP contribution in [0.1, 0.15) is 113 Å². The van der Waals surface area contributed by atoms with E-state index in [4.69, 9.17) is 9.40 Å². The summed E-state index contributed by atoms with van der Waals surface area (Å²) in [5, 5.41) is 14.9. The SMILES string of the molecule is CC(C)Cc1ccc2occ(-c3cc4c(-c5[c-]c6ccccc6c(C(C)(C)C)c5)nccc4s3)c2c1.CCC(C)(CC)C(=O)/C=C(\O)C(C)(CC)CC.[Ir]. The van der Waals surface area contributed by atoms with Gasteiger partial charge in [-0.2, -0.15) is 0 Å². The first-order chi connectivity index (χ1) is 25.1. The average molecular weight is 921 g/mol. The number of thiophene rings is 1. The van der Waals surface area contributed by atoms with Crippen molar-refractivity contribution in [3.63, 3.8) is 0 Å². The Morgan fingerprint density at radius 3 is 2.17 bits per heavy atom. The summed E-state index contributed by atoms with van der Waals surface area (Å²) in [5.41, 5.74) is 6.20. The van der Waals surface area contributed by atoms with Crippen LogP contribution >= 0.6 is 11.3 Å². The smallest absolute Gasteiger partial charge is 0.164 e. The fourth-order valence-corrected chi connectivity index (χ4v) is 7.91. The zero-order chi connectivity index (χ0) is 38.7. The van der Waals surface area contributed by atoms with Crippen LogP contribution in [0.4, 0.5) is 0 Å². The van der Waals surface area contributed by atoms with E-state index in [-0.39, 0.29) is 47.9 Å². The Hall–Kier alpha value is -3.57. The molecule has 6 rings (SSSR count). The number of hydrogen-bond donors (Lipinski definition) is 1. The molecule has 289 valence electrons. The zero-order valence-electron chi connectivity index (χ0n) is 34.1. The number of carbonyl (C=O) groups is 1. The Bertz CT molecular complexity index is 2240. The summed E-state index contributed by atoms with van der Waals surface area (Å²) >= 11 is 1.80. The molecule has 1 N–H and O–H groups in total. The molecule has 0 aliphatic rings. The van der Waals surface area contributed by atoms with Gasteiger partial charge in [0.15, 0.2) is 5.78 Å². The van der Waals surface area contributed by atoms with Gasteiger partial charge in [0, 0.05) is 69.4 Å². The number of nitrogens with zero attached hydrogens (tertiary/aromatic N) is 1. The van der Waals surface area contributed by atoms with Gasteiger partial charge in [0.2, 0.25) is 0 Å². The molecule has 0 aliphatic heterocycles. The molecule has 0 saturated carbocycles. The van der Waals surface area contributed by atoms with Crippen LogP contribution in [0.2, 0.25) is 0 Å². The Morgan fingerprint density at radius 2 is 1.54 bits per heavy atom. The molecule has 0 fully saturated rings. The van der Waals surface area contributed by atoms with Crippen molar-refractivity contribution >= 4 is 48.9 Å². The second-order valence-electron chi connectivity index (χ2n) is 16.6. The van der Waals surface area contributed by atoms with Gasteiger partial charge in [0.25, 0.3) is 0 Å². The molecule has 4 nitrogen and oxygen atoms in total. The summed E-state index contributed by atoms with van der Waals surface area (Å²) in [4.78, 5) is 18.2. The van der Waals surface area contributed by atoms with E-state index in [9.17, 15) is 9.90 Å². The van der Waals surface area contributed by atoms with Gasteiger partial charge in [-0.25, -0.2) is 0 Å². The third-order valence-corrected chi connectivity index (χ3v) is 12.6. The number of fused-ring (bicyclic) bond motifs is 3. The van der Waals surface area contributed by atoms with Crippen LogP contribution in [0.15, 0.2) is 89.4 Å². The van der Waals surface area contributed by atoms with E-state index in [1.165, 1.54) is 37.6 Å². The third-order valence-electron chi connectivity index (χ3n) is 11.4. The molecule has 0 unspecified atom stereocenters. The molecule has 3 heterocycles. The number of carbonyl (C=O) groups excluding carboxylic acids is 1. The minimum atomic E-state index is -0.337. The fourth-order valence-electron chi connectivity index (χ4n) is 6.84. The number of furan rings is 1. The summed E-state index contributed by atoms with van der Waals surface area (Å²) < 4.78 is 7.18. The molecule has 1 radical (unpaired) electrons. The maximum Gasteiger partial charge on any atom is 0.164 e. The van der Waals surface area contributed by atoms with Gasteiger partial charge in [0.05, 0.1) is 0 Å². The normalized spacial score (nSPS) is 12.6. The summed E-state index contributed by atoms with van der Waals surface area (Å²) in [5.74, 6) is 0.903. The molecule has 0 amide bonds. The van der Waals surface area contributed by atoms with E-state index < -0.39 is 0 Å². The van der Waals surface area contributed by atoms with Crippen LogP contribution in [0.5, 0.6) is 0 Å². The van der Waals surface area contributed by atoms with E-state index >= 15 is 0 Å². The van der Waals surface area contributed by atoms with Crippen molar-refractivity contribution in [2.45, 2.75) is 114 Å². The standard InChI is InChI=1S/C33H30NOS.C15H28O2.Ir/c1-20(2)14-21-10-11-29-25(15-21)27(19-35-29)31-18-26-30(36-31)12-13-34-32(26)23-16-22-8-6-7-9-24(22)28(17-23)33(3,4)5;1-7-14(5,8-2)12(16)11-13(17)15(6,9-3)10-4;/h6-13,15,17-20H,14H2,1-5H3;11,16H,7-10H2,1-6H3;/q-1;;/b;12-11-;. The summed E-state index contributed by atoms with van der Waals surface area (Å²) in [6, 6.07) is 25.5. The van der Waals surface area contributed by atoms with E-state index in [0.29, 0.717) is 5.92 Å². The molecule has 0 aliphatic carbocycles. The number of aliphatic hydroxyl groups is 1. The Kier molecular flexibility index (Phi) is 14.0. The van der Waals surface area contributed by atoms with Crippen molar-refractivity contribution in [1.29, 1.82) is 0 Å². The van der Waals surface area contributed by atoms with Crippen molar-refractivity contribution < 1.29 is 34.4 Å². The number of rotatable bonds is 11. The molecule has 3 aromatic carbocycles. The Morgan fingerprint density at radius 1 is 0.870 bits per heavy atom. The molecule has 6 aromatic rings. The average Bonchev–Trinajstić information content (AvgIpc) is 3.77. The predicted molar refractivity (Wildman–Crippen MR) is 227 cm³/mol. The first kappa shape index (κ1) is 43.2. The third kappa shape index (κ3) is 9.10. The first-order valence-electron chi connectivity index (χ1n) is 19.4. The number of allylic oxidation sites excluding steroid dienone is 2. The van der Waals surface area contributed by atoms with E-state index in [1.807, 2.05) is 54.0 Å². The summed E-state index contributed by atoms with van der Waals surface area (Å²) in [6.45, 7) is 23.4. The second-order valence-corrected chi connectivity index (χ2v) is 17.7. The molecule has 0 spiro atoms. The molecule has 0 saturated heterocycles. The molecule has 6 heteroatoms. The van der Waals surface area contributed by atoms with Crippen molar-refractivity contribution in [3.8, 4) is 21.7 Å². The van der Waals surface area contributed by atoms with Crippen molar-refractivity contribution in [3.05, 3.63) is 102 Å². The largest absolute Gasteiger partial charge is 0.512 e. The van der Waals surface area contributed by atoms with Gasteiger partial charge in [-0.3, -0.25) is 9.78 Å². The van der Waals surface area contributed by atoms with Crippen LogP contribution in [0, 0.1) is 22.8 Å². The predicted octanol–water partition coefficient (Wildman–Crippen LogP) is 14.5. The van der Waals surface area contributed by atoms with E-state index in [2.05, 4.69) is 101 Å². The number of aromatic nitrogens is 1. The maximum atomic E-state index is 12.2. The minimum absolute atomic E-state index is 0. The van der Waals surface area contributed by atoms with Gasteiger partial charge in [0.1, 0.15) is 17.6 Å². The van der Waals surface area contributed by atoms with Crippen LogP contribution < -0.4 is 0 Å². The van der Waals surface area contributed by atoms with Crippen LogP contribution in [0.25, 0.3) is 53.5 Å². The number of hydrogen-bond acceptors (Lipinski definition) is 5. The van der Waals surface area contributed by atoms with E-state index in [1.54, 1.807) is 11.3 Å². The van der Waals surface area contributed by atoms with Crippen LogP contribution in [0.3, 0.4) is 0 Å². The van der Waals surface area contributed by atoms with Crippen LogP contribution in [-0.2, 0) is 36.7 Å². The number of benzene rings is 3. The monoisotopic (exact) mass is 921 g/mol. The minimum Gasteiger partial charge on any atom is -0.512 e. The van der Waals surface area contributed by atoms with Crippen molar-refractivity contribution in [2.24, 2.45) is 16.7 Å². The molecule has 0 bridgehead atoms. The van der Waals surface area contributed by atoms with Crippen molar-refractivity contribution in [1.82, 2.24) is 4.98 Å². The summed E-state index contributed by atoms with van der Waals surface area (Å²) in [6.07, 6.45) is 9.65. The first-order valence-corrected chi connectivity index (χ1v) is 20.2. The van der Waals surface area contributed by atoms with Gasteiger partial charge in [-0.05, 0) is 78.7 Å². The van der Waals surface area contributed by atoms with Gasteiger partial charge < -0.3 is 9.52 Å². The van der Waals surface area contributed by atoms with Gasteiger partial charge in [-0.1, -0.05) is 111 Å². The summed E-state index contributed by atoms with van der Waals surface area (Å²) in [7, 11) is 0. The number of ketones is 1. The molecule has 0 atom stereocenters. The van der Waals surface area contributed by atoms with Crippen molar-refractivity contribution in [2.75, 3.05) is 0 Å². The Balaban J connectivity index is 0.000000309. The topological polar surface area (TPSA) is 63.3 Å². The quantitative estimate of drug-likeness (QED) is 0.0799. The zero-order valence-corrected chi connectivity index (χ0v) is 37.3. The molecule has 3 aromatic heterocycles. The van der Waals surface area contributed by atoms with Crippen LogP contribution in [-0.4, -0.2) is 15.9 Å². The second kappa shape index (κ2) is 17.5. The Labute approximate surface area is 340 Å². The molecular weight excluding hydrogens is 863 g/mol. The maximum absolute atomic E-state index is 12.2. The molecular formula is C48H58IrNO3S-. The van der Waals surface area contributed by atoms with E-state index in [0.717, 1.165) is 65.3 Å².